The number of piperidine rings is 1. The number of likely N-dealkylation sites (tertiary alicyclic amines) is 1. The lowest BCUT2D eigenvalue weighted by Gasteiger charge is -2.32. The number of rotatable bonds is 2. The number of hydrogen-bond acceptors (Lipinski definition) is 4. The van der Waals surface area contributed by atoms with Crippen LogP contribution in [0.2, 0.25) is 0 Å². The molecule has 1 aromatic rings. The number of halogens is 2. The van der Waals surface area contributed by atoms with Crippen molar-refractivity contribution in [2.24, 2.45) is 5.73 Å². The van der Waals surface area contributed by atoms with E-state index in [1.165, 1.54) is 12.1 Å². The number of carbonyl (C=O) groups is 1. The summed E-state index contributed by atoms with van der Waals surface area (Å²) in [6.45, 7) is 8.90. The van der Waals surface area contributed by atoms with Crippen LogP contribution in [0.1, 0.15) is 50.9 Å². The monoisotopic (exact) mass is 384 g/mol. The molecule has 2 aliphatic heterocycles. The molecular weight excluding hydrogens is 357 g/mol. The van der Waals surface area contributed by atoms with Gasteiger partial charge in [0.2, 0.25) is 0 Å². The maximum absolute atomic E-state index is 14.2. The van der Waals surface area contributed by atoms with Gasteiger partial charge in [0.25, 0.3) is 5.91 Å². The molecule has 0 bridgehead atoms. The fraction of sp³-hybridized carbons (Fsp3) is 0.611. The van der Waals surface area contributed by atoms with Crippen LogP contribution in [-0.2, 0) is 9.31 Å². The van der Waals surface area contributed by atoms with E-state index in [-0.39, 0.29) is 24.4 Å². The van der Waals surface area contributed by atoms with Crippen LogP contribution in [0.3, 0.4) is 0 Å². The molecule has 8 heteroatoms. The Labute approximate surface area is 160 Å². The van der Waals surface area contributed by atoms with Crippen molar-refractivity contribution < 1.29 is 18.5 Å². The number of benzene rings is 1. The van der Waals surface area contributed by atoms with Crippen LogP contribution in [0.4, 0.5) is 4.39 Å². The van der Waals surface area contributed by atoms with Crippen LogP contribution >= 0.6 is 12.4 Å². The molecule has 0 aromatic heterocycles. The molecule has 1 unspecified atom stereocenters. The van der Waals surface area contributed by atoms with E-state index in [0.717, 1.165) is 12.8 Å². The predicted octanol–water partition coefficient (Wildman–Crippen LogP) is 2.11. The van der Waals surface area contributed by atoms with Crippen molar-refractivity contribution in [3.05, 3.63) is 29.6 Å². The second-order valence-corrected chi connectivity index (χ2v) is 8.01. The molecule has 0 aliphatic carbocycles. The zero-order chi connectivity index (χ0) is 18.4. The van der Waals surface area contributed by atoms with Crippen molar-refractivity contribution in [2.75, 3.05) is 13.1 Å². The van der Waals surface area contributed by atoms with Gasteiger partial charge >= 0.3 is 7.12 Å². The summed E-state index contributed by atoms with van der Waals surface area (Å²) >= 11 is 0. The largest absolute Gasteiger partial charge is 0.494 e. The van der Waals surface area contributed by atoms with Crippen LogP contribution in [0.15, 0.2) is 18.2 Å². The van der Waals surface area contributed by atoms with Crippen LogP contribution in [-0.4, -0.2) is 48.3 Å². The normalized spacial score (nSPS) is 24.3. The van der Waals surface area contributed by atoms with Crippen molar-refractivity contribution in [1.82, 2.24) is 4.90 Å². The standard InChI is InChI=1S/C18H26BFN2O3.ClH/c1-17(2)18(3,4)25-19(24-17)13-8-12(9-14(20)10-13)16(23)22-7-5-6-15(21)11-22;/h8-10,15H,5-7,11,21H2,1-4H3;1H. The third-order valence-electron chi connectivity index (χ3n) is 5.44. The molecule has 2 heterocycles. The fourth-order valence-corrected chi connectivity index (χ4v) is 3.23. The maximum atomic E-state index is 14.2. The Hall–Kier alpha value is -1.15. The van der Waals surface area contributed by atoms with Crippen LogP contribution in [0.25, 0.3) is 0 Å². The van der Waals surface area contributed by atoms with Crippen molar-refractivity contribution in [1.29, 1.82) is 0 Å². The summed E-state index contributed by atoms with van der Waals surface area (Å²) in [5, 5.41) is 0. The molecule has 0 radical (unpaired) electrons. The molecule has 1 atom stereocenters. The SMILES string of the molecule is CC1(C)OB(c2cc(F)cc(C(=O)N3CCCC(N)C3)c2)OC1(C)C.Cl. The average molecular weight is 385 g/mol. The molecule has 2 N–H and O–H groups in total. The Bertz CT molecular complexity index is 670. The van der Waals surface area contributed by atoms with Gasteiger partial charge in [-0.15, -0.1) is 12.4 Å². The number of carbonyl (C=O) groups excluding carboxylic acids is 1. The minimum atomic E-state index is -0.698. The smallest absolute Gasteiger partial charge is 0.399 e. The third kappa shape index (κ3) is 4.06. The van der Waals surface area contributed by atoms with Gasteiger partial charge in [0.05, 0.1) is 11.2 Å². The molecule has 2 aliphatic rings. The number of nitrogens with two attached hydrogens (primary N) is 1. The van der Waals surface area contributed by atoms with Crippen LogP contribution in [0, 0.1) is 5.82 Å². The van der Waals surface area contributed by atoms with Crippen LogP contribution < -0.4 is 11.2 Å². The van der Waals surface area contributed by atoms with Gasteiger partial charge in [-0.1, -0.05) is 0 Å². The maximum Gasteiger partial charge on any atom is 0.494 e. The summed E-state index contributed by atoms with van der Waals surface area (Å²) in [5.41, 5.74) is 5.73. The van der Waals surface area contributed by atoms with E-state index in [0.29, 0.717) is 24.1 Å². The molecule has 2 saturated heterocycles. The van der Waals surface area contributed by atoms with E-state index in [9.17, 15) is 9.18 Å². The Morgan fingerprint density at radius 3 is 2.42 bits per heavy atom. The Morgan fingerprint density at radius 2 is 1.85 bits per heavy atom. The highest BCUT2D eigenvalue weighted by Crippen LogP contribution is 2.36. The topological polar surface area (TPSA) is 64.8 Å². The molecule has 0 saturated carbocycles. The summed E-state index contributed by atoms with van der Waals surface area (Å²) in [5.74, 6) is -0.677. The number of amides is 1. The van der Waals surface area contributed by atoms with Gasteiger partial charge in [-0.2, -0.15) is 0 Å². The highest BCUT2D eigenvalue weighted by Gasteiger charge is 2.51. The summed E-state index contributed by atoms with van der Waals surface area (Å²) in [4.78, 5) is 14.4. The number of hydrogen-bond donors (Lipinski definition) is 1. The van der Waals surface area contributed by atoms with Gasteiger partial charge in [-0.05, 0) is 64.2 Å². The molecule has 5 nitrogen and oxygen atoms in total. The number of nitrogens with zero attached hydrogens (tertiary/aromatic N) is 1. The lowest BCUT2D eigenvalue weighted by Crippen LogP contribution is -2.46. The van der Waals surface area contributed by atoms with E-state index < -0.39 is 24.1 Å². The van der Waals surface area contributed by atoms with Crippen molar-refractivity contribution in [2.45, 2.75) is 57.8 Å². The summed E-state index contributed by atoms with van der Waals surface area (Å²) < 4.78 is 26.1. The zero-order valence-electron chi connectivity index (χ0n) is 15.8. The minimum absolute atomic E-state index is 0. The highest BCUT2D eigenvalue weighted by molar-refractivity contribution is 6.62. The van der Waals surface area contributed by atoms with E-state index in [2.05, 4.69) is 0 Å². The first kappa shape index (κ1) is 21.2. The lowest BCUT2D eigenvalue weighted by atomic mass is 9.78. The fourth-order valence-electron chi connectivity index (χ4n) is 3.23. The summed E-state index contributed by atoms with van der Waals surface area (Å²) in [7, 11) is -0.698. The Balaban J connectivity index is 0.00000243. The van der Waals surface area contributed by atoms with Crippen molar-refractivity contribution in [3.63, 3.8) is 0 Å². The molecule has 1 amide bonds. The molecule has 0 spiro atoms. The zero-order valence-corrected chi connectivity index (χ0v) is 16.6. The Kier molecular flexibility index (Phi) is 6.08. The van der Waals surface area contributed by atoms with Gasteiger partial charge < -0.3 is 19.9 Å². The van der Waals surface area contributed by atoms with Gasteiger partial charge in [0.1, 0.15) is 5.82 Å². The molecule has 1 aromatic carbocycles. The predicted molar refractivity (Wildman–Crippen MR) is 102 cm³/mol. The van der Waals surface area contributed by atoms with E-state index in [4.69, 9.17) is 15.0 Å². The molecule has 2 fully saturated rings. The second kappa shape index (κ2) is 7.47. The summed E-state index contributed by atoms with van der Waals surface area (Å²) in [6, 6.07) is 4.26. The van der Waals surface area contributed by atoms with Crippen molar-refractivity contribution in [3.8, 4) is 0 Å². The lowest BCUT2D eigenvalue weighted by molar-refractivity contribution is 0.00578. The minimum Gasteiger partial charge on any atom is -0.399 e. The molecule has 3 rings (SSSR count). The highest BCUT2D eigenvalue weighted by atomic mass is 35.5. The van der Waals surface area contributed by atoms with Crippen LogP contribution in [0.5, 0.6) is 0 Å². The summed E-state index contributed by atoms with van der Waals surface area (Å²) in [6.07, 6.45) is 1.78. The molecular formula is C18H27BClFN2O3. The second-order valence-electron chi connectivity index (χ2n) is 8.01. The van der Waals surface area contributed by atoms with E-state index >= 15 is 0 Å². The van der Waals surface area contributed by atoms with E-state index in [1.807, 2.05) is 27.7 Å². The average Bonchev–Trinajstić information content (AvgIpc) is 2.74. The van der Waals surface area contributed by atoms with E-state index in [1.54, 1.807) is 11.0 Å². The Morgan fingerprint density at radius 1 is 1.23 bits per heavy atom. The first-order chi connectivity index (χ1) is 11.6. The van der Waals surface area contributed by atoms with Gasteiger partial charge in [-0.3, -0.25) is 4.79 Å². The first-order valence-electron chi connectivity index (χ1n) is 8.80. The first-order valence-corrected chi connectivity index (χ1v) is 8.80. The third-order valence-corrected chi connectivity index (χ3v) is 5.44. The molecule has 26 heavy (non-hydrogen) atoms. The van der Waals surface area contributed by atoms with Crippen molar-refractivity contribution >= 4 is 30.9 Å². The molecule has 144 valence electrons. The van der Waals surface area contributed by atoms with Gasteiger partial charge in [0, 0.05) is 24.7 Å². The quantitative estimate of drug-likeness (QED) is 0.793. The van der Waals surface area contributed by atoms with Gasteiger partial charge in [-0.25, -0.2) is 4.39 Å². The van der Waals surface area contributed by atoms with Gasteiger partial charge in [0.15, 0.2) is 0 Å².